The van der Waals surface area contributed by atoms with Gasteiger partial charge in [-0.3, -0.25) is 0 Å². The Labute approximate surface area is 124 Å². The molecule has 1 saturated heterocycles. The first-order chi connectivity index (χ1) is 9.95. The van der Waals surface area contributed by atoms with Crippen molar-refractivity contribution in [3.63, 3.8) is 0 Å². The highest BCUT2D eigenvalue weighted by Crippen LogP contribution is 2.23. The van der Waals surface area contributed by atoms with Gasteiger partial charge in [0, 0.05) is 24.9 Å². The Morgan fingerprint density at radius 3 is 2.57 bits per heavy atom. The van der Waals surface area contributed by atoms with E-state index in [-0.39, 0.29) is 6.03 Å². The van der Waals surface area contributed by atoms with E-state index in [0.29, 0.717) is 17.5 Å². The van der Waals surface area contributed by atoms with Crippen LogP contribution in [0.2, 0.25) is 0 Å². The number of urea groups is 1. The lowest BCUT2D eigenvalue weighted by atomic mass is 10.0. The number of carbonyl (C=O) groups excluding carboxylic acids is 1. The molecule has 1 aliphatic rings. The largest absolute Gasteiger partial charge is 0.478 e. The molecule has 5 nitrogen and oxygen atoms in total. The van der Waals surface area contributed by atoms with Crippen LogP contribution >= 0.6 is 0 Å². The minimum atomic E-state index is -0.996. The fourth-order valence-corrected chi connectivity index (χ4v) is 2.39. The minimum absolute atomic E-state index is 0.106. The van der Waals surface area contributed by atoms with Crippen LogP contribution in [-0.4, -0.2) is 35.1 Å². The third-order valence-electron chi connectivity index (χ3n) is 3.83. The summed E-state index contributed by atoms with van der Waals surface area (Å²) in [6.45, 7) is 5.84. The molecule has 2 amide bonds. The summed E-state index contributed by atoms with van der Waals surface area (Å²) in [6, 6.07) is 7.01. The molecule has 2 unspecified atom stereocenters. The van der Waals surface area contributed by atoms with E-state index in [9.17, 15) is 9.59 Å². The molecule has 1 aromatic carbocycles. The third-order valence-corrected chi connectivity index (χ3v) is 3.83. The zero-order valence-electron chi connectivity index (χ0n) is 12.2. The van der Waals surface area contributed by atoms with Gasteiger partial charge in [0.25, 0.3) is 0 Å². The number of nitrogens with zero attached hydrogens (tertiary/aromatic N) is 1. The summed E-state index contributed by atoms with van der Waals surface area (Å²) in [4.78, 5) is 24.5. The number of amides is 2. The number of benzene rings is 1. The van der Waals surface area contributed by atoms with Crippen LogP contribution in [0, 0.1) is 11.8 Å². The number of nitrogens with one attached hydrogen (secondary N) is 1. The fourth-order valence-electron chi connectivity index (χ4n) is 2.39. The first-order valence-corrected chi connectivity index (χ1v) is 7.02. The van der Waals surface area contributed by atoms with Crippen molar-refractivity contribution in [3.05, 3.63) is 35.9 Å². The fraction of sp³-hybridized carbons (Fsp3) is 0.375. The van der Waals surface area contributed by atoms with Gasteiger partial charge in [0.1, 0.15) is 0 Å². The van der Waals surface area contributed by atoms with Crippen LogP contribution in [0.5, 0.6) is 0 Å². The minimum Gasteiger partial charge on any atom is -0.478 e. The molecule has 0 aliphatic carbocycles. The van der Waals surface area contributed by atoms with Gasteiger partial charge >= 0.3 is 12.0 Å². The number of hydrogen-bond donors (Lipinski definition) is 2. The Morgan fingerprint density at radius 1 is 1.29 bits per heavy atom. The van der Waals surface area contributed by atoms with Crippen LogP contribution in [0.4, 0.5) is 10.5 Å². The molecule has 1 aromatic rings. The first-order valence-electron chi connectivity index (χ1n) is 7.02. The summed E-state index contributed by atoms with van der Waals surface area (Å²) in [7, 11) is 0. The van der Waals surface area contributed by atoms with Gasteiger partial charge in [0.15, 0.2) is 0 Å². The van der Waals surface area contributed by atoms with E-state index in [0.717, 1.165) is 24.7 Å². The maximum atomic E-state index is 12.2. The van der Waals surface area contributed by atoms with Crippen LogP contribution in [-0.2, 0) is 4.79 Å². The first kappa shape index (κ1) is 15.1. The molecular weight excluding hydrogens is 268 g/mol. The Kier molecular flexibility index (Phi) is 4.62. The summed E-state index contributed by atoms with van der Waals surface area (Å²) < 4.78 is 0. The second-order valence-electron chi connectivity index (χ2n) is 5.59. The quantitative estimate of drug-likeness (QED) is 0.840. The zero-order valence-corrected chi connectivity index (χ0v) is 12.2. The summed E-state index contributed by atoms with van der Waals surface area (Å²) >= 11 is 0. The van der Waals surface area contributed by atoms with Crippen molar-refractivity contribution in [2.45, 2.75) is 13.8 Å². The van der Waals surface area contributed by atoms with Crippen LogP contribution in [0.15, 0.2) is 30.3 Å². The molecule has 0 aromatic heterocycles. The van der Waals surface area contributed by atoms with E-state index in [1.807, 2.05) is 4.90 Å². The van der Waals surface area contributed by atoms with Crippen LogP contribution in [0.25, 0.3) is 6.08 Å². The molecule has 1 fully saturated rings. The monoisotopic (exact) mass is 288 g/mol. The second kappa shape index (κ2) is 6.43. The second-order valence-corrected chi connectivity index (χ2v) is 5.59. The summed E-state index contributed by atoms with van der Waals surface area (Å²) in [5.74, 6) is 0.0330. The van der Waals surface area contributed by atoms with Crippen molar-refractivity contribution in [2.75, 3.05) is 18.4 Å². The molecule has 2 rings (SSSR count). The Hall–Kier alpha value is -2.30. The van der Waals surface area contributed by atoms with Crippen LogP contribution in [0.1, 0.15) is 19.4 Å². The van der Waals surface area contributed by atoms with E-state index in [4.69, 9.17) is 5.11 Å². The lowest BCUT2D eigenvalue weighted by Gasteiger charge is -2.17. The topological polar surface area (TPSA) is 69.6 Å². The number of aliphatic carboxylic acids is 1. The molecule has 1 aliphatic heterocycles. The summed E-state index contributed by atoms with van der Waals surface area (Å²) in [6.07, 6.45) is 2.57. The average Bonchev–Trinajstić information content (AvgIpc) is 2.77. The number of anilines is 1. The van der Waals surface area contributed by atoms with E-state index >= 15 is 0 Å². The highest BCUT2D eigenvalue weighted by Gasteiger charge is 2.29. The molecule has 21 heavy (non-hydrogen) atoms. The molecule has 2 N–H and O–H groups in total. The van der Waals surface area contributed by atoms with Gasteiger partial charge in [0.05, 0.1) is 0 Å². The molecule has 0 saturated carbocycles. The van der Waals surface area contributed by atoms with E-state index in [1.165, 1.54) is 6.08 Å². The maximum Gasteiger partial charge on any atom is 0.328 e. The number of likely N-dealkylation sites (tertiary alicyclic amines) is 1. The number of hydrogen-bond acceptors (Lipinski definition) is 2. The molecular formula is C16H20N2O3. The molecule has 5 heteroatoms. The van der Waals surface area contributed by atoms with Crippen LogP contribution in [0.3, 0.4) is 0 Å². The van der Waals surface area contributed by atoms with E-state index in [1.54, 1.807) is 24.3 Å². The van der Waals surface area contributed by atoms with Crippen molar-refractivity contribution in [1.29, 1.82) is 0 Å². The van der Waals surface area contributed by atoms with E-state index in [2.05, 4.69) is 19.2 Å². The molecule has 0 bridgehead atoms. The Bertz CT molecular complexity index is 558. The van der Waals surface area contributed by atoms with Gasteiger partial charge in [0.2, 0.25) is 0 Å². The molecule has 2 atom stereocenters. The maximum absolute atomic E-state index is 12.2. The molecule has 0 spiro atoms. The van der Waals surface area contributed by atoms with Crippen LogP contribution < -0.4 is 5.32 Å². The number of rotatable bonds is 3. The van der Waals surface area contributed by atoms with Crippen molar-refractivity contribution < 1.29 is 14.7 Å². The van der Waals surface area contributed by atoms with Crippen molar-refractivity contribution in [1.82, 2.24) is 4.90 Å². The van der Waals surface area contributed by atoms with Gasteiger partial charge in [-0.05, 0) is 35.6 Å². The number of carbonyl (C=O) groups is 2. The highest BCUT2D eigenvalue weighted by molar-refractivity contribution is 5.90. The van der Waals surface area contributed by atoms with Crippen molar-refractivity contribution in [2.24, 2.45) is 11.8 Å². The summed E-state index contributed by atoms with van der Waals surface area (Å²) in [5, 5.41) is 11.5. The number of carboxylic acids is 1. The normalized spacial score (nSPS) is 21.7. The Morgan fingerprint density at radius 2 is 1.95 bits per heavy atom. The lowest BCUT2D eigenvalue weighted by Crippen LogP contribution is -2.33. The standard InChI is InChI=1S/C16H20N2O3/c1-11-9-18(10-12(11)2)16(21)17-14-5-3-4-13(8-14)6-7-15(19)20/h3-8,11-12H,9-10H2,1-2H3,(H,17,21)(H,19,20)/b7-6+. The summed E-state index contributed by atoms with van der Waals surface area (Å²) in [5.41, 5.74) is 1.40. The Balaban J connectivity index is 2.01. The predicted octanol–water partition coefficient (Wildman–Crippen LogP) is 2.90. The van der Waals surface area contributed by atoms with Gasteiger partial charge in [-0.15, -0.1) is 0 Å². The zero-order chi connectivity index (χ0) is 15.4. The van der Waals surface area contributed by atoms with Crippen molar-refractivity contribution >= 4 is 23.8 Å². The van der Waals surface area contributed by atoms with Gasteiger partial charge in [-0.25, -0.2) is 9.59 Å². The van der Waals surface area contributed by atoms with Gasteiger partial charge in [-0.1, -0.05) is 26.0 Å². The van der Waals surface area contributed by atoms with E-state index < -0.39 is 5.97 Å². The third kappa shape index (κ3) is 4.08. The highest BCUT2D eigenvalue weighted by atomic mass is 16.4. The molecule has 112 valence electrons. The van der Waals surface area contributed by atoms with Gasteiger partial charge < -0.3 is 15.3 Å². The lowest BCUT2D eigenvalue weighted by molar-refractivity contribution is -0.131. The average molecular weight is 288 g/mol. The molecule has 0 radical (unpaired) electrons. The smallest absolute Gasteiger partial charge is 0.328 e. The SMILES string of the molecule is CC1CN(C(=O)Nc2cccc(/C=C/C(=O)O)c2)CC1C. The number of carboxylic acid groups (broad SMARTS) is 1. The molecule has 1 heterocycles. The predicted molar refractivity (Wildman–Crippen MR) is 82.0 cm³/mol. The van der Waals surface area contributed by atoms with Gasteiger partial charge in [-0.2, -0.15) is 0 Å². The van der Waals surface area contributed by atoms with Crippen molar-refractivity contribution in [3.8, 4) is 0 Å².